The van der Waals surface area contributed by atoms with Gasteiger partial charge in [-0.1, -0.05) is 30.3 Å². The molecule has 0 aliphatic heterocycles. The van der Waals surface area contributed by atoms with Crippen molar-refractivity contribution in [3.05, 3.63) is 64.7 Å². The minimum atomic E-state index is -0.985. The van der Waals surface area contributed by atoms with E-state index in [-0.39, 0.29) is 55.4 Å². The average Bonchev–Trinajstić information content (AvgIpc) is 3.02. The largest absolute Gasteiger partial charge is 0.508 e. The highest BCUT2D eigenvalue weighted by Gasteiger charge is 2.30. The minimum absolute atomic E-state index is 0. The smallest absolute Gasteiger partial charge is 0.305 e. The number of aromatic hydroxyl groups is 1. The van der Waals surface area contributed by atoms with Crippen molar-refractivity contribution in [3.63, 3.8) is 0 Å². The second kappa shape index (κ2) is 22.7. The van der Waals surface area contributed by atoms with Gasteiger partial charge in [-0.2, -0.15) is 11.8 Å². The van der Waals surface area contributed by atoms with Crippen molar-refractivity contribution >= 4 is 53.8 Å². The summed E-state index contributed by atoms with van der Waals surface area (Å²) in [5, 5.41) is 15.2. The van der Waals surface area contributed by atoms with Gasteiger partial charge in [-0.15, -0.1) is 12.4 Å². The number of unbranched alkanes of at least 4 members (excludes halogenated alkanes) is 1. The molecule has 0 bridgehead atoms. The number of amides is 4. The number of ether oxygens (including phenoxy) is 1. The zero-order chi connectivity index (χ0) is 34.2. The molecule has 0 fully saturated rings. The first-order valence-electron chi connectivity index (χ1n) is 15.2. The molecule has 13 nitrogen and oxygen atoms in total. The number of benzene rings is 2. The van der Waals surface area contributed by atoms with Crippen LogP contribution >= 0.6 is 24.2 Å². The van der Waals surface area contributed by atoms with Crippen LogP contribution in [0.3, 0.4) is 0 Å². The van der Waals surface area contributed by atoms with Gasteiger partial charge in [-0.3, -0.25) is 24.0 Å². The van der Waals surface area contributed by atoms with E-state index in [1.54, 1.807) is 12.1 Å². The topological polar surface area (TPSA) is 226 Å². The highest BCUT2D eigenvalue weighted by atomic mass is 35.5. The second-order valence-electron chi connectivity index (χ2n) is 11.2. The van der Waals surface area contributed by atoms with Gasteiger partial charge in [-0.05, 0) is 85.9 Å². The van der Waals surface area contributed by atoms with E-state index in [0.29, 0.717) is 25.0 Å². The summed E-state index contributed by atoms with van der Waals surface area (Å²) in [5.74, 6) is -2.02. The van der Waals surface area contributed by atoms with E-state index < -0.39 is 48.3 Å². The lowest BCUT2D eigenvalue weighted by Crippen LogP contribution is -2.55. The molecule has 15 heteroatoms. The number of thioether (sulfide) groups is 1. The molecule has 4 amide bonds. The fraction of sp³-hybridized carbons (Fsp3) is 0.485. The first-order chi connectivity index (χ1) is 21.9. The first-order valence-corrected chi connectivity index (χ1v) is 16.6. The average molecular weight is 712 g/mol. The lowest BCUT2D eigenvalue weighted by molar-refractivity contribution is -0.141. The van der Waals surface area contributed by atoms with Crippen molar-refractivity contribution in [2.75, 3.05) is 32.2 Å². The maximum absolute atomic E-state index is 13.5. The predicted molar refractivity (Wildman–Crippen MR) is 189 cm³/mol. The van der Waals surface area contributed by atoms with Crippen LogP contribution in [0.25, 0.3) is 0 Å². The van der Waals surface area contributed by atoms with Crippen LogP contribution in [-0.2, 0) is 41.6 Å². The standard InChI is InChI=1S/C33H47N5O7S.ClH.H2O/c1-21-16-24(39)17-22(2)25(21)19-26(34)32(43)37-27(13-15-46-4)33(44)36-20-29(40)38(14-9-8-12-30(41)45-3)28(31(35)42)18-23-10-6-5-7-11-23;;/h5-7,10-11,16-17,26-28,39H,8-9,12-15,18-20,34H2,1-4H3,(H2,35,42)(H,36,44)(H,37,43);1H;1H2/t26-,27-,28+;;/m1../s1. The molecule has 0 aromatic heterocycles. The third-order valence-electron chi connectivity index (χ3n) is 7.65. The number of nitrogens with two attached hydrogens (primary N) is 2. The number of methoxy groups -OCH3 is 1. The van der Waals surface area contributed by atoms with Gasteiger partial charge >= 0.3 is 5.97 Å². The maximum Gasteiger partial charge on any atom is 0.305 e. The molecule has 0 spiro atoms. The molecule has 2 aromatic rings. The Labute approximate surface area is 292 Å². The molecule has 0 unspecified atom stereocenters. The lowest BCUT2D eigenvalue weighted by atomic mass is 9.96. The predicted octanol–water partition coefficient (Wildman–Crippen LogP) is 1.10. The van der Waals surface area contributed by atoms with Crippen LogP contribution < -0.4 is 22.1 Å². The van der Waals surface area contributed by atoms with E-state index in [2.05, 4.69) is 15.4 Å². The van der Waals surface area contributed by atoms with Gasteiger partial charge in [0.2, 0.25) is 23.6 Å². The molecular formula is C33H50ClN5O8S. The van der Waals surface area contributed by atoms with E-state index in [4.69, 9.17) is 11.5 Å². The molecule has 9 N–H and O–H groups in total. The number of nitrogens with one attached hydrogen (secondary N) is 2. The van der Waals surface area contributed by atoms with Gasteiger partial charge in [0.15, 0.2) is 0 Å². The van der Waals surface area contributed by atoms with E-state index in [0.717, 1.165) is 22.3 Å². The molecule has 2 rings (SSSR count). The number of hydrogen-bond donors (Lipinski definition) is 5. The van der Waals surface area contributed by atoms with Crippen molar-refractivity contribution in [2.45, 2.75) is 70.5 Å². The zero-order valence-electron chi connectivity index (χ0n) is 28.0. The second-order valence-corrected chi connectivity index (χ2v) is 12.1. The zero-order valence-corrected chi connectivity index (χ0v) is 29.6. The Kier molecular flexibility index (Phi) is 20.9. The molecule has 0 aliphatic rings. The van der Waals surface area contributed by atoms with Crippen LogP contribution in [0.5, 0.6) is 5.75 Å². The summed E-state index contributed by atoms with van der Waals surface area (Å²) in [6.07, 6.45) is 3.53. The van der Waals surface area contributed by atoms with Crippen LogP contribution in [0.4, 0.5) is 0 Å². The van der Waals surface area contributed by atoms with E-state index in [9.17, 15) is 29.1 Å². The SMILES string of the molecule is COC(=O)CCCCN(C(=O)CNC(=O)[C@@H](CCSC)NC(=O)[C@H](N)Cc1c(C)cc(O)cc1C)[C@@H](Cc1ccccc1)C(N)=O.Cl.O. The molecular weight excluding hydrogens is 662 g/mol. The molecule has 2 aromatic carbocycles. The monoisotopic (exact) mass is 711 g/mol. The number of primary amides is 1. The number of hydrogen-bond acceptors (Lipinski definition) is 9. The fourth-order valence-corrected chi connectivity index (χ4v) is 5.56. The number of rotatable bonds is 19. The van der Waals surface area contributed by atoms with Gasteiger partial charge in [0.1, 0.15) is 17.8 Å². The normalized spacial score (nSPS) is 12.3. The van der Waals surface area contributed by atoms with Crippen molar-refractivity contribution < 1.29 is 39.3 Å². The number of carbonyl (C=O) groups is 5. The molecule has 3 atom stereocenters. The molecule has 0 saturated heterocycles. The van der Waals surface area contributed by atoms with Gasteiger partial charge in [0.05, 0.1) is 19.7 Å². The van der Waals surface area contributed by atoms with Gasteiger partial charge in [-0.25, -0.2) is 0 Å². The maximum atomic E-state index is 13.5. The van der Waals surface area contributed by atoms with Crippen LogP contribution in [0.15, 0.2) is 42.5 Å². The van der Waals surface area contributed by atoms with Crippen molar-refractivity contribution in [1.82, 2.24) is 15.5 Å². The van der Waals surface area contributed by atoms with Crippen LogP contribution in [0.2, 0.25) is 0 Å². The highest BCUT2D eigenvalue weighted by Crippen LogP contribution is 2.22. The Bertz CT molecular complexity index is 1330. The van der Waals surface area contributed by atoms with Crippen LogP contribution in [0.1, 0.15) is 47.9 Å². The summed E-state index contributed by atoms with van der Waals surface area (Å²) in [4.78, 5) is 65.3. The van der Waals surface area contributed by atoms with Gasteiger partial charge in [0, 0.05) is 19.4 Å². The van der Waals surface area contributed by atoms with Crippen molar-refractivity contribution in [2.24, 2.45) is 11.5 Å². The summed E-state index contributed by atoms with van der Waals surface area (Å²) >= 11 is 1.50. The number of esters is 1. The van der Waals surface area contributed by atoms with E-state index in [1.165, 1.54) is 23.8 Å². The van der Waals surface area contributed by atoms with Crippen molar-refractivity contribution in [3.8, 4) is 5.75 Å². The Morgan fingerprint density at radius 3 is 2.19 bits per heavy atom. The fourth-order valence-electron chi connectivity index (χ4n) is 5.09. The summed E-state index contributed by atoms with van der Waals surface area (Å²) in [6.45, 7) is 3.34. The highest BCUT2D eigenvalue weighted by molar-refractivity contribution is 7.98. The number of halogens is 1. The minimum Gasteiger partial charge on any atom is -0.508 e. The molecule has 0 aliphatic carbocycles. The third-order valence-corrected chi connectivity index (χ3v) is 8.30. The molecule has 268 valence electrons. The third kappa shape index (κ3) is 14.5. The lowest BCUT2D eigenvalue weighted by Gasteiger charge is -2.30. The van der Waals surface area contributed by atoms with Crippen LogP contribution in [0, 0.1) is 13.8 Å². The first kappa shape index (κ1) is 44.1. The summed E-state index contributed by atoms with van der Waals surface area (Å²) < 4.78 is 4.68. The van der Waals surface area contributed by atoms with Gasteiger partial charge < -0.3 is 42.3 Å². The number of carbonyl (C=O) groups excluding carboxylic acids is 5. The number of phenolic OH excluding ortho intramolecular Hbond substituents is 1. The summed E-state index contributed by atoms with van der Waals surface area (Å²) in [6, 6.07) is 9.43. The molecule has 0 radical (unpaired) electrons. The molecule has 0 saturated carbocycles. The molecule has 0 heterocycles. The van der Waals surface area contributed by atoms with Crippen molar-refractivity contribution in [1.29, 1.82) is 0 Å². The summed E-state index contributed by atoms with van der Waals surface area (Å²) in [7, 11) is 1.30. The number of phenols is 1. The summed E-state index contributed by atoms with van der Waals surface area (Å²) in [5.41, 5.74) is 15.2. The van der Waals surface area contributed by atoms with Gasteiger partial charge in [0.25, 0.3) is 0 Å². The Morgan fingerprint density at radius 1 is 1.00 bits per heavy atom. The van der Waals surface area contributed by atoms with E-state index >= 15 is 0 Å². The van der Waals surface area contributed by atoms with E-state index in [1.807, 2.05) is 50.4 Å². The Hall–Kier alpha value is -3.85. The Balaban J connectivity index is 0.0000110. The quantitative estimate of drug-likeness (QED) is 0.104. The number of nitrogens with zero attached hydrogens (tertiary/aromatic N) is 1. The molecule has 48 heavy (non-hydrogen) atoms. The van der Waals surface area contributed by atoms with Crippen LogP contribution in [-0.4, -0.2) is 95.4 Å². The Morgan fingerprint density at radius 2 is 1.62 bits per heavy atom. The number of aryl methyl sites for hydroxylation is 2.